The Bertz CT molecular complexity index is 521. The van der Waals surface area contributed by atoms with Crippen LogP contribution >= 0.6 is 11.3 Å². The van der Waals surface area contributed by atoms with E-state index in [9.17, 15) is 10.1 Å². The van der Waals surface area contributed by atoms with E-state index in [1.807, 2.05) is 6.92 Å². The Balaban J connectivity index is 2.57. The number of thiazole rings is 1. The molecule has 1 unspecified atom stereocenters. The van der Waals surface area contributed by atoms with Crippen LogP contribution in [0.4, 0.5) is 5.69 Å². The number of nitro groups is 1. The van der Waals surface area contributed by atoms with Crippen molar-refractivity contribution in [1.29, 1.82) is 0 Å². The van der Waals surface area contributed by atoms with E-state index in [2.05, 4.69) is 4.98 Å². The molecule has 0 spiro atoms. The van der Waals surface area contributed by atoms with E-state index in [4.69, 9.17) is 5.73 Å². The molecular weight excluding hydrogens is 214 g/mol. The number of fused-ring (bicyclic) bond motifs is 1. The second kappa shape index (κ2) is 3.56. The number of hydrogen-bond donors (Lipinski definition) is 1. The maximum absolute atomic E-state index is 10.5. The van der Waals surface area contributed by atoms with E-state index in [1.54, 1.807) is 6.07 Å². The number of nitro benzene ring substituents is 1. The van der Waals surface area contributed by atoms with E-state index in [0.717, 1.165) is 9.71 Å². The summed E-state index contributed by atoms with van der Waals surface area (Å²) in [6.07, 6.45) is 0. The van der Waals surface area contributed by atoms with Crippen LogP contribution in [-0.4, -0.2) is 9.91 Å². The second-order valence-electron chi connectivity index (χ2n) is 3.25. The Morgan fingerprint density at radius 2 is 2.33 bits per heavy atom. The van der Waals surface area contributed by atoms with Crippen molar-refractivity contribution in [3.05, 3.63) is 33.3 Å². The lowest BCUT2D eigenvalue weighted by molar-refractivity contribution is -0.384. The fourth-order valence-corrected chi connectivity index (χ4v) is 2.14. The van der Waals surface area contributed by atoms with Gasteiger partial charge in [-0.1, -0.05) is 0 Å². The summed E-state index contributed by atoms with van der Waals surface area (Å²) < 4.78 is 0.924. The Labute approximate surface area is 89.7 Å². The molecule has 0 aliphatic carbocycles. The average molecular weight is 223 g/mol. The smallest absolute Gasteiger partial charge is 0.271 e. The monoisotopic (exact) mass is 223 g/mol. The fourth-order valence-electron chi connectivity index (χ4n) is 1.24. The van der Waals surface area contributed by atoms with Crippen LogP contribution in [0, 0.1) is 10.1 Å². The van der Waals surface area contributed by atoms with Crippen molar-refractivity contribution in [3.8, 4) is 0 Å². The first-order valence-electron chi connectivity index (χ1n) is 4.38. The molecule has 0 fully saturated rings. The van der Waals surface area contributed by atoms with Crippen LogP contribution in [0.25, 0.3) is 10.2 Å². The maximum atomic E-state index is 10.5. The van der Waals surface area contributed by atoms with Gasteiger partial charge in [0.05, 0.1) is 21.2 Å². The second-order valence-corrected chi connectivity index (χ2v) is 4.31. The van der Waals surface area contributed by atoms with Crippen LogP contribution in [0.15, 0.2) is 18.2 Å². The van der Waals surface area contributed by atoms with Gasteiger partial charge in [-0.15, -0.1) is 11.3 Å². The van der Waals surface area contributed by atoms with Crippen LogP contribution in [0.5, 0.6) is 0 Å². The zero-order chi connectivity index (χ0) is 11.0. The summed E-state index contributed by atoms with van der Waals surface area (Å²) in [5, 5.41) is 11.3. The van der Waals surface area contributed by atoms with Gasteiger partial charge in [-0.25, -0.2) is 4.98 Å². The van der Waals surface area contributed by atoms with Crippen LogP contribution in [0.1, 0.15) is 18.0 Å². The number of benzene rings is 1. The van der Waals surface area contributed by atoms with Gasteiger partial charge in [0, 0.05) is 12.1 Å². The van der Waals surface area contributed by atoms with Gasteiger partial charge in [0.25, 0.3) is 5.69 Å². The minimum Gasteiger partial charge on any atom is -0.322 e. The van der Waals surface area contributed by atoms with Crippen LogP contribution in [0.2, 0.25) is 0 Å². The number of hydrogen-bond acceptors (Lipinski definition) is 5. The quantitative estimate of drug-likeness (QED) is 0.625. The summed E-state index contributed by atoms with van der Waals surface area (Å²) in [6, 6.07) is 4.52. The van der Waals surface area contributed by atoms with Crippen molar-refractivity contribution in [2.24, 2.45) is 5.73 Å². The van der Waals surface area contributed by atoms with Gasteiger partial charge in [0.2, 0.25) is 0 Å². The summed E-state index contributed by atoms with van der Waals surface area (Å²) in [7, 11) is 0. The first kappa shape index (κ1) is 10.0. The lowest BCUT2D eigenvalue weighted by atomic mass is 10.3. The fraction of sp³-hybridized carbons (Fsp3) is 0.222. The van der Waals surface area contributed by atoms with Crippen LogP contribution in [-0.2, 0) is 0 Å². The van der Waals surface area contributed by atoms with E-state index in [1.165, 1.54) is 23.5 Å². The van der Waals surface area contributed by atoms with Gasteiger partial charge in [-0.2, -0.15) is 0 Å². The molecule has 0 aliphatic heterocycles. The molecule has 1 aromatic heterocycles. The molecule has 2 aromatic rings. The molecule has 1 aromatic carbocycles. The van der Waals surface area contributed by atoms with E-state index >= 15 is 0 Å². The summed E-state index contributed by atoms with van der Waals surface area (Å²) in [4.78, 5) is 14.4. The summed E-state index contributed by atoms with van der Waals surface area (Å²) >= 11 is 1.47. The van der Waals surface area contributed by atoms with Crippen molar-refractivity contribution < 1.29 is 4.92 Å². The third-order valence-corrected chi connectivity index (χ3v) is 3.23. The van der Waals surface area contributed by atoms with E-state index in [-0.39, 0.29) is 11.7 Å². The molecule has 6 heteroatoms. The highest BCUT2D eigenvalue weighted by atomic mass is 32.1. The molecule has 1 atom stereocenters. The Kier molecular flexibility index (Phi) is 2.37. The zero-order valence-electron chi connectivity index (χ0n) is 8.01. The maximum Gasteiger partial charge on any atom is 0.271 e. The van der Waals surface area contributed by atoms with E-state index in [0.29, 0.717) is 5.52 Å². The lowest BCUT2D eigenvalue weighted by Crippen LogP contribution is -2.03. The van der Waals surface area contributed by atoms with Crippen molar-refractivity contribution in [2.45, 2.75) is 13.0 Å². The standard InChI is InChI=1S/C9H9N3O2S/c1-5(10)9-11-7-4-6(12(13)14)2-3-8(7)15-9/h2-5H,10H2,1H3. The van der Waals surface area contributed by atoms with Crippen molar-refractivity contribution in [2.75, 3.05) is 0 Å². The minimum atomic E-state index is -0.426. The summed E-state index contributed by atoms with van der Waals surface area (Å²) in [5.74, 6) is 0. The zero-order valence-corrected chi connectivity index (χ0v) is 8.82. The molecule has 0 amide bonds. The molecule has 1 heterocycles. The SMILES string of the molecule is CC(N)c1nc2cc([N+](=O)[O-])ccc2s1. The largest absolute Gasteiger partial charge is 0.322 e. The lowest BCUT2D eigenvalue weighted by Gasteiger charge is -1.95. The highest BCUT2D eigenvalue weighted by molar-refractivity contribution is 7.18. The Hall–Kier alpha value is -1.53. The first-order valence-corrected chi connectivity index (χ1v) is 5.20. The normalized spacial score (nSPS) is 12.9. The number of aromatic nitrogens is 1. The number of nitrogens with zero attached hydrogens (tertiary/aromatic N) is 2. The minimum absolute atomic E-state index is 0.0593. The molecular formula is C9H9N3O2S. The molecule has 0 radical (unpaired) electrons. The molecule has 0 aliphatic rings. The molecule has 0 bridgehead atoms. The predicted molar refractivity (Wildman–Crippen MR) is 58.9 cm³/mol. The highest BCUT2D eigenvalue weighted by Crippen LogP contribution is 2.28. The van der Waals surface area contributed by atoms with Gasteiger partial charge in [-0.3, -0.25) is 10.1 Å². The van der Waals surface area contributed by atoms with Gasteiger partial charge >= 0.3 is 0 Å². The van der Waals surface area contributed by atoms with Crippen LogP contribution < -0.4 is 5.73 Å². The molecule has 5 nitrogen and oxygen atoms in total. The van der Waals surface area contributed by atoms with Crippen LogP contribution in [0.3, 0.4) is 0 Å². The highest BCUT2D eigenvalue weighted by Gasteiger charge is 2.11. The Morgan fingerprint density at radius 1 is 1.60 bits per heavy atom. The van der Waals surface area contributed by atoms with Crippen molar-refractivity contribution >= 4 is 27.2 Å². The average Bonchev–Trinajstić information content (AvgIpc) is 2.59. The topological polar surface area (TPSA) is 82.0 Å². The molecule has 2 rings (SSSR count). The number of non-ortho nitro benzene ring substituents is 1. The summed E-state index contributed by atoms with van der Waals surface area (Å²) in [5.41, 5.74) is 6.39. The predicted octanol–water partition coefficient (Wildman–Crippen LogP) is 2.22. The van der Waals surface area contributed by atoms with Gasteiger partial charge in [0.1, 0.15) is 5.01 Å². The van der Waals surface area contributed by atoms with Gasteiger partial charge < -0.3 is 5.73 Å². The molecule has 2 N–H and O–H groups in total. The summed E-state index contributed by atoms with van der Waals surface area (Å²) in [6.45, 7) is 1.84. The molecule has 78 valence electrons. The third kappa shape index (κ3) is 1.81. The molecule has 0 saturated heterocycles. The van der Waals surface area contributed by atoms with Gasteiger partial charge in [0.15, 0.2) is 0 Å². The van der Waals surface area contributed by atoms with E-state index < -0.39 is 4.92 Å². The first-order chi connectivity index (χ1) is 7.08. The number of nitrogens with two attached hydrogens (primary N) is 1. The number of rotatable bonds is 2. The Morgan fingerprint density at radius 3 is 2.93 bits per heavy atom. The third-order valence-electron chi connectivity index (χ3n) is 1.99. The molecule has 0 saturated carbocycles. The van der Waals surface area contributed by atoms with Crippen molar-refractivity contribution in [1.82, 2.24) is 4.98 Å². The molecule has 15 heavy (non-hydrogen) atoms. The van der Waals surface area contributed by atoms with Crippen molar-refractivity contribution in [3.63, 3.8) is 0 Å². The van der Waals surface area contributed by atoms with Gasteiger partial charge in [-0.05, 0) is 13.0 Å².